The van der Waals surface area contributed by atoms with Crippen LogP contribution in [-0.4, -0.2) is 14.3 Å². The van der Waals surface area contributed by atoms with E-state index in [0.29, 0.717) is 16.9 Å². The zero-order chi connectivity index (χ0) is 19.1. The Morgan fingerprint density at radius 1 is 0.963 bits per heavy atom. The number of benzene rings is 2. The minimum absolute atomic E-state index is 0.188. The topological polar surface area (TPSA) is 39.8 Å². The van der Waals surface area contributed by atoms with Crippen molar-refractivity contribution in [1.29, 1.82) is 0 Å². The molecule has 4 aromatic rings. The Balaban J connectivity index is 2.02. The largest absolute Gasteiger partial charge is 0.288 e. The van der Waals surface area contributed by atoms with E-state index in [4.69, 9.17) is 0 Å². The van der Waals surface area contributed by atoms with Crippen molar-refractivity contribution >= 4 is 11.0 Å². The van der Waals surface area contributed by atoms with Gasteiger partial charge < -0.3 is 0 Å². The van der Waals surface area contributed by atoms with Crippen LogP contribution in [0.1, 0.15) is 16.8 Å². The van der Waals surface area contributed by atoms with Crippen molar-refractivity contribution in [2.45, 2.75) is 20.4 Å². The highest BCUT2D eigenvalue weighted by Gasteiger charge is 2.17. The second-order valence-corrected chi connectivity index (χ2v) is 6.56. The number of pyridine rings is 1. The number of rotatable bonds is 3. The van der Waals surface area contributed by atoms with E-state index in [0.717, 1.165) is 16.6 Å². The highest BCUT2D eigenvalue weighted by Crippen LogP contribution is 2.24. The Bertz CT molecular complexity index is 1220. The van der Waals surface area contributed by atoms with Crippen molar-refractivity contribution in [3.8, 4) is 5.69 Å². The van der Waals surface area contributed by atoms with Crippen LogP contribution in [-0.2, 0) is 6.54 Å². The Morgan fingerprint density at radius 2 is 1.67 bits per heavy atom. The minimum atomic E-state index is -0.388. The first-order chi connectivity index (χ1) is 12.9. The summed E-state index contributed by atoms with van der Waals surface area (Å²) in [5.41, 5.74) is 3.05. The van der Waals surface area contributed by atoms with Crippen molar-refractivity contribution in [3.05, 3.63) is 93.4 Å². The van der Waals surface area contributed by atoms with Gasteiger partial charge in [-0.15, -0.1) is 0 Å². The first-order valence-corrected chi connectivity index (χ1v) is 8.54. The molecule has 0 saturated heterocycles. The predicted molar refractivity (Wildman–Crippen MR) is 100 cm³/mol. The highest BCUT2D eigenvalue weighted by molar-refractivity contribution is 5.83. The molecule has 6 heteroatoms. The fourth-order valence-corrected chi connectivity index (χ4v) is 3.42. The van der Waals surface area contributed by atoms with Crippen molar-refractivity contribution in [2.75, 3.05) is 0 Å². The van der Waals surface area contributed by atoms with Crippen LogP contribution >= 0.6 is 0 Å². The summed E-state index contributed by atoms with van der Waals surface area (Å²) in [5.74, 6) is -0.751. The maximum atomic E-state index is 13.8. The third-order valence-electron chi connectivity index (χ3n) is 4.57. The van der Waals surface area contributed by atoms with E-state index in [9.17, 15) is 13.6 Å². The monoisotopic (exact) mass is 365 g/mol. The molecule has 0 aliphatic heterocycles. The van der Waals surface area contributed by atoms with Gasteiger partial charge in [0.1, 0.15) is 17.3 Å². The molecular weight excluding hydrogens is 348 g/mol. The van der Waals surface area contributed by atoms with Crippen LogP contribution in [0.5, 0.6) is 0 Å². The second-order valence-electron chi connectivity index (χ2n) is 6.56. The average Bonchev–Trinajstić information content (AvgIpc) is 2.96. The Hall–Kier alpha value is -3.28. The van der Waals surface area contributed by atoms with Crippen LogP contribution in [0.2, 0.25) is 0 Å². The van der Waals surface area contributed by atoms with E-state index in [2.05, 4.69) is 5.10 Å². The summed E-state index contributed by atoms with van der Waals surface area (Å²) >= 11 is 0. The van der Waals surface area contributed by atoms with Gasteiger partial charge in [-0.25, -0.2) is 13.5 Å². The molecule has 2 heterocycles. The molecule has 0 saturated carbocycles. The van der Waals surface area contributed by atoms with E-state index in [1.807, 2.05) is 13.8 Å². The van der Waals surface area contributed by atoms with E-state index in [1.54, 1.807) is 39.6 Å². The fourth-order valence-electron chi connectivity index (χ4n) is 3.42. The molecule has 0 fully saturated rings. The Kier molecular flexibility index (Phi) is 4.11. The minimum Gasteiger partial charge on any atom is -0.288 e. The van der Waals surface area contributed by atoms with Crippen LogP contribution in [0.3, 0.4) is 0 Å². The number of aryl methyl sites for hydroxylation is 2. The first kappa shape index (κ1) is 17.1. The van der Waals surface area contributed by atoms with Gasteiger partial charge >= 0.3 is 0 Å². The lowest BCUT2D eigenvalue weighted by molar-refractivity contribution is 0.622. The lowest BCUT2D eigenvalue weighted by atomic mass is 10.1. The molecule has 0 bridgehead atoms. The summed E-state index contributed by atoms with van der Waals surface area (Å²) in [6.45, 7) is 3.89. The van der Waals surface area contributed by atoms with E-state index in [1.165, 1.54) is 24.3 Å². The van der Waals surface area contributed by atoms with Crippen LogP contribution in [0, 0.1) is 25.5 Å². The molecule has 0 radical (unpaired) electrons. The molecule has 27 heavy (non-hydrogen) atoms. The van der Waals surface area contributed by atoms with Gasteiger partial charge in [0.05, 0.1) is 17.9 Å². The van der Waals surface area contributed by atoms with E-state index in [-0.39, 0.29) is 23.7 Å². The molecule has 0 unspecified atom stereocenters. The molecule has 2 aromatic heterocycles. The summed E-state index contributed by atoms with van der Waals surface area (Å²) in [7, 11) is 0. The molecule has 2 aromatic carbocycles. The molecule has 0 aliphatic carbocycles. The van der Waals surface area contributed by atoms with Gasteiger partial charge in [-0.05, 0) is 55.3 Å². The van der Waals surface area contributed by atoms with Gasteiger partial charge in [0.2, 0.25) is 0 Å². The summed E-state index contributed by atoms with van der Waals surface area (Å²) in [6, 6.07) is 13.7. The molecule has 0 atom stereocenters. The normalized spacial score (nSPS) is 11.3. The molecule has 0 amide bonds. The van der Waals surface area contributed by atoms with Crippen molar-refractivity contribution in [3.63, 3.8) is 0 Å². The average molecular weight is 365 g/mol. The zero-order valence-electron chi connectivity index (χ0n) is 14.9. The second kappa shape index (κ2) is 6.46. The number of nitrogens with zero attached hydrogens (tertiary/aromatic N) is 3. The maximum Gasteiger partial charge on any atom is 0.252 e. The summed E-state index contributed by atoms with van der Waals surface area (Å²) < 4.78 is 30.5. The summed E-state index contributed by atoms with van der Waals surface area (Å²) in [5, 5.41) is 5.37. The number of aromatic nitrogens is 3. The molecule has 0 spiro atoms. The summed E-state index contributed by atoms with van der Waals surface area (Å²) in [6.07, 6.45) is 0. The molecule has 0 aliphatic rings. The Morgan fingerprint density at radius 3 is 2.37 bits per heavy atom. The smallest absolute Gasteiger partial charge is 0.252 e. The molecule has 4 rings (SSSR count). The van der Waals surface area contributed by atoms with Gasteiger partial charge in [0.25, 0.3) is 5.56 Å². The lowest BCUT2D eigenvalue weighted by Gasteiger charge is -2.12. The third-order valence-corrected chi connectivity index (χ3v) is 4.57. The number of fused-ring (bicyclic) bond motifs is 1. The summed E-state index contributed by atoms with van der Waals surface area (Å²) in [4.78, 5) is 12.8. The fraction of sp³-hybridized carbons (Fsp3) is 0.143. The first-order valence-electron chi connectivity index (χ1n) is 8.54. The standard InChI is InChI=1S/C21H17F2N3O/c1-13-9-19(27)25(12-15-5-3-6-16(22)10-15)21-20(13)14(2)24-26(21)18-8-4-7-17(23)11-18/h3-11H,12H2,1-2H3. The highest BCUT2D eigenvalue weighted by atomic mass is 19.1. The van der Waals surface area contributed by atoms with Crippen molar-refractivity contribution < 1.29 is 8.78 Å². The quantitative estimate of drug-likeness (QED) is 0.548. The zero-order valence-corrected chi connectivity index (χ0v) is 14.9. The maximum absolute atomic E-state index is 13.8. The van der Waals surface area contributed by atoms with Crippen LogP contribution in [0.4, 0.5) is 8.78 Å². The lowest BCUT2D eigenvalue weighted by Crippen LogP contribution is -2.22. The third kappa shape index (κ3) is 3.03. The van der Waals surface area contributed by atoms with Gasteiger partial charge in [0.15, 0.2) is 0 Å². The molecular formula is C21H17F2N3O. The Labute approximate surface area is 154 Å². The van der Waals surface area contributed by atoms with E-state index < -0.39 is 0 Å². The van der Waals surface area contributed by atoms with Crippen molar-refractivity contribution in [2.24, 2.45) is 0 Å². The van der Waals surface area contributed by atoms with Crippen molar-refractivity contribution in [1.82, 2.24) is 14.3 Å². The van der Waals surface area contributed by atoms with Gasteiger partial charge in [-0.2, -0.15) is 5.10 Å². The number of halogens is 2. The van der Waals surface area contributed by atoms with Gasteiger partial charge in [-0.1, -0.05) is 18.2 Å². The van der Waals surface area contributed by atoms with E-state index >= 15 is 0 Å². The van der Waals surface area contributed by atoms with Gasteiger partial charge in [0, 0.05) is 11.5 Å². The van der Waals surface area contributed by atoms with Gasteiger partial charge in [-0.3, -0.25) is 9.36 Å². The van der Waals surface area contributed by atoms with Crippen LogP contribution in [0.15, 0.2) is 59.4 Å². The molecule has 4 nitrogen and oxygen atoms in total. The predicted octanol–water partition coefficient (Wildman–Crippen LogP) is 4.13. The van der Waals surface area contributed by atoms with Crippen LogP contribution in [0.25, 0.3) is 16.7 Å². The number of hydrogen-bond acceptors (Lipinski definition) is 2. The van der Waals surface area contributed by atoms with Crippen LogP contribution < -0.4 is 5.56 Å². The SMILES string of the molecule is Cc1cc(=O)n(Cc2cccc(F)c2)c2c1c(C)nn2-c1cccc(F)c1. The number of hydrogen-bond donors (Lipinski definition) is 0. The molecule has 0 N–H and O–H groups in total. The molecule has 136 valence electrons.